The molecule has 1 aliphatic carbocycles. The molecular weight excluding hydrogens is 224 g/mol. The minimum atomic E-state index is 0.423. The van der Waals surface area contributed by atoms with Crippen molar-refractivity contribution in [2.24, 2.45) is 0 Å². The van der Waals surface area contributed by atoms with Crippen molar-refractivity contribution >= 4 is 0 Å². The first-order valence-corrected chi connectivity index (χ1v) is 6.78. The second-order valence-corrected chi connectivity index (χ2v) is 4.28. The minimum absolute atomic E-state index is 0.423. The lowest BCUT2D eigenvalue weighted by Crippen LogP contribution is -2.19. The van der Waals surface area contributed by atoms with E-state index in [2.05, 4.69) is 13.2 Å². The second-order valence-electron chi connectivity index (χ2n) is 4.28. The third kappa shape index (κ3) is 4.82. The van der Waals surface area contributed by atoms with Crippen molar-refractivity contribution < 1.29 is 9.47 Å². The maximum atomic E-state index is 5.93. The monoisotopic (exact) mass is 248 g/mol. The van der Waals surface area contributed by atoms with Gasteiger partial charge in [0.15, 0.2) is 0 Å². The molecule has 2 heteroatoms. The zero-order valence-corrected chi connectivity index (χ0v) is 11.4. The van der Waals surface area contributed by atoms with E-state index in [1.54, 1.807) is 0 Å². The molecule has 100 valence electrons. The van der Waals surface area contributed by atoms with Gasteiger partial charge in [-0.15, -0.1) is 13.2 Å². The molecule has 0 bridgehead atoms. The van der Waals surface area contributed by atoms with E-state index in [1.807, 2.05) is 31.2 Å². The van der Waals surface area contributed by atoms with Crippen molar-refractivity contribution in [3.63, 3.8) is 0 Å². The van der Waals surface area contributed by atoms with Crippen LogP contribution in [0.2, 0.25) is 0 Å². The smallest absolute Gasteiger partial charge is 0.119 e. The Morgan fingerprint density at radius 2 is 1.56 bits per heavy atom. The molecule has 1 aromatic carbocycles. The zero-order valence-electron chi connectivity index (χ0n) is 11.4. The molecular formula is C16H24O2. The van der Waals surface area contributed by atoms with Gasteiger partial charge < -0.3 is 9.47 Å². The van der Waals surface area contributed by atoms with Crippen LogP contribution in [0.25, 0.3) is 0 Å². The number of hydrogen-bond donors (Lipinski definition) is 0. The molecule has 1 fully saturated rings. The normalized spacial score (nSPS) is 15.4. The van der Waals surface area contributed by atoms with Gasteiger partial charge >= 0.3 is 0 Å². The van der Waals surface area contributed by atoms with Gasteiger partial charge in [0.1, 0.15) is 11.5 Å². The van der Waals surface area contributed by atoms with Gasteiger partial charge in [0.25, 0.3) is 0 Å². The van der Waals surface area contributed by atoms with Crippen molar-refractivity contribution in [3.8, 4) is 11.5 Å². The molecule has 0 N–H and O–H groups in total. The molecule has 0 heterocycles. The maximum absolute atomic E-state index is 5.93. The average molecular weight is 248 g/mol. The summed E-state index contributed by atoms with van der Waals surface area (Å²) >= 11 is 0. The van der Waals surface area contributed by atoms with E-state index in [-0.39, 0.29) is 0 Å². The molecule has 1 aliphatic rings. The average Bonchev–Trinajstić information content (AvgIpc) is 2.45. The number of ether oxygens (including phenoxy) is 2. The van der Waals surface area contributed by atoms with Gasteiger partial charge in [0.2, 0.25) is 0 Å². The Hall–Kier alpha value is -1.44. The zero-order chi connectivity index (χ0) is 13.2. The first-order chi connectivity index (χ1) is 8.88. The van der Waals surface area contributed by atoms with Crippen molar-refractivity contribution in [1.82, 2.24) is 0 Å². The largest absolute Gasteiger partial charge is 0.494 e. The Kier molecular flexibility index (Phi) is 7.00. The summed E-state index contributed by atoms with van der Waals surface area (Å²) in [6.45, 7) is 8.70. The van der Waals surface area contributed by atoms with Gasteiger partial charge in [-0.25, -0.2) is 0 Å². The summed E-state index contributed by atoms with van der Waals surface area (Å²) in [4.78, 5) is 0. The molecule has 0 aromatic heterocycles. The summed E-state index contributed by atoms with van der Waals surface area (Å²) in [6, 6.07) is 7.95. The first kappa shape index (κ1) is 14.6. The topological polar surface area (TPSA) is 18.5 Å². The quantitative estimate of drug-likeness (QED) is 0.725. The lowest BCUT2D eigenvalue weighted by molar-refractivity contribution is 0.155. The standard InChI is InChI=1S/C14H20O2.C2H4/c1-2-15-12-8-10-14(11-9-12)16-13-6-4-3-5-7-13;1-2/h8-11,13H,2-7H2,1H3;1-2H2. The Labute approximate surface area is 111 Å². The molecule has 1 saturated carbocycles. The maximum Gasteiger partial charge on any atom is 0.119 e. The lowest BCUT2D eigenvalue weighted by atomic mass is 9.98. The van der Waals surface area contributed by atoms with Crippen molar-refractivity contribution in [2.75, 3.05) is 6.61 Å². The SMILES string of the molecule is C=C.CCOc1ccc(OC2CCCCC2)cc1. The van der Waals surface area contributed by atoms with Crippen LogP contribution in [0.5, 0.6) is 11.5 Å². The molecule has 2 nitrogen and oxygen atoms in total. The highest BCUT2D eigenvalue weighted by molar-refractivity contribution is 5.31. The number of benzene rings is 1. The summed E-state index contributed by atoms with van der Waals surface area (Å²) in [5, 5.41) is 0. The van der Waals surface area contributed by atoms with E-state index in [4.69, 9.17) is 9.47 Å². The van der Waals surface area contributed by atoms with Gasteiger partial charge in [-0.1, -0.05) is 6.42 Å². The summed E-state index contributed by atoms with van der Waals surface area (Å²) in [7, 11) is 0. The summed E-state index contributed by atoms with van der Waals surface area (Å²) in [5.74, 6) is 1.88. The molecule has 1 aromatic rings. The summed E-state index contributed by atoms with van der Waals surface area (Å²) in [6.07, 6.45) is 6.80. The molecule has 0 spiro atoms. The Bertz CT molecular complexity index is 312. The van der Waals surface area contributed by atoms with Gasteiger partial charge in [-0.05, 0) is 56.9 Å². The van der Waals surface area contributed by atoms with E-state index in [1.165, 1.54) is 32.1 Å². The Morgan fingerprint density at radius 1 is 1.00 bits per heavy atom. The molecule has 0 unspecified atom stereocenters. The molecule has 2 rings (SSSR count). The third-order valence-electron chi connectivity index (χ3n) is 2.99. The van der Waals surface area contributed by atoms with Crippen LogP contribution in [-0.4, -0.2) is 12.7 Å². The molecule has 18 heavy (non-hydrogen) atoms. The van der Waals surface area contributed by atoms with Crippen molar-refractivity contribution in [3.05, 3.63) is 37.4 Å². The van der Waals surface area contributed by atoms with Crippen LogP contribution in [0.3, 0.4) is 0 Å². The van der Waals surface area contributed by atoms with Gasteiger partial charge in [-0.2, -0.15) is 0 Å². The van der Waals surface area contributed by atoms with Crippen molar-refractivity contribution in [1.29, 1.82) is 0 Å². The highest BCUT2D eigenvalue weighted by Gasteiger charge is 2.14. The van der Waals surface area contributed by atoms with Crippen LogP contribution in [0.1, 0.15) is 39.0 Å². The Balaban J connectivity index is 0.000000771. The van der Waals surface area contributed by atoms with Gasteiger partial charge in [0.05, 0.1) is 12.7 Å². The van der Waals surface area contributed by atoms with Gasteiger partial charge in [-0.3, -0.25) is 0 Å². The number of hydrogen-bond acceptors (Lipinski definition) is 2. The predicted molar refractivity (Wildman–Crippen MR) is 76.4 cm³/mol. The van der Waals surface area contributed by atoms with Crippen LogP contribution < -0.4 is 9.47 Å². The fraction of sp³-hybridized carbons (Fsp3) is 0.500. The first-order valence-electron chi connectivity index (χ1n) is 6.78. The number of rotatable bonds is 4. The lowest BCUT2D eigenvalue weighted by Gasteiger charge is -2.23. The molecule has 0 amide bonds. The highest BCUT2D eigenvalue weighted by Crippen LogP contribution is 2.24. The van der Waals surface area contributed by atoms with Crippen LogP contribution >= 0.6 is 0 Å². The van der Waals surface area contributed by atoms with Crippen LogP contribution in [0.15, 0.2) is 37.4 Å². The van der Waals surface area contributed by atoms with E-state index in [0.29, 0.717) is 12.7 Å². The van der Waals surface area contributed by atoms with E-state index in [0.717, 1.165) is 11.5 Å². The van der Waals surface area contributed by atoms with E-state index in [9.17, 15) is 0 Å². The van der Waals surface area contributed by atoms with Crippen molar-refractivity contribution in [2.45, 2.75) is 45.1 Å². The molecule has 0 atom stereocenters. The highest BCUT2D eigenvalue weighted by atomic mass is 16.5. The summed E-state index contributed by atoms with van der Waals surface area (Å²) < 4.78 is 11.3. The van der Waals surface area contributed by atoms with E-state index >= 15 is 0 Å². The molecule has 0 radical (unpaired) electrons. The fourth-order valence-electron chi connectivity index (χ4n) is 2.16. The molecule has 0 saturated heterocycles. The van der Waals surface area contributed by atoms with Crippen LogP contribution in [0, 0.1) is 0 Å². The fourth-order valence-corrected chi connectivity index (χ4v) is 2.16. The minimum Gasteiger partial charge on any atom is -0.494 e. The van der Waals surface area contributed by atoms with Gasteiger partial charge in [0, 0.05) is 0 Å². The predicted octanol–water partition coefficient (Wildman–Crippen LogP) is 4.60. The van der Waals surface area contributed by atoms with E-state index < -0.39 is 0 Å². The van der Waals surface area contributed by atoms with Crippen LogP contribution in [0.4, 0.5) is 0 Å². The second kappa shape index (κ2) is 8.62. The van der Waals surface area contributed by atoms with Crippen LogP contribution in [-0.2, 0) is 0 Å². The summed E-state index contributed by atoms with van der Waals surface area (Å²) in [5.41, 5.74) is 0. The Morgan fingerprint density at radius 3 is 2.11 bits per heavy atom. The molecule has 0 aliphatic heterocycles. The third-order valence-corrected chi connectivity index (χ3v) is 2.99.